The molecule has 7 heteroatoms. The lowest BCUT2D eigenvalue weighted by Crippen LogP contribution is -2.38. The summed E-state index contributed by atoms with van der Waals surface area (Å²) in [6.07, 6.45) is 3.06. The van der Waals surface area contributed by atoms with Gasteiger partial charge in [-0.15, -0.1) is 0 Å². The molecule has 0 bridgehead atoms. The highest BCUT2D eigenvalue weighted by atomic mass is 16.2. The van der Waals surface area contributed by atoms with E-state index in [0.29, 0.717) is 13.1 Å². The zero-order valence-corrected chi connectivity index (χ0v) is 19.0. The van der Waals surface area contributed by atoms with Crippen molar-refractivity contribution in [2.24, 2.45) is 0 Å². The average Bonchev–Trinajstić information content (AvgIpc) is 3.39. The number of amides is 1. The van der Waals surface area contributed by atoms with Crippen molar-refractivity contribution in [3.8, 4) is 11.1 Å². The summed E-state index contributed by atoms with van der Waals surface area (Å²) in [5.41, 5.74) is 5.14. The van der Waals surface area contributed by atoms with Crippen LogP contribution in [-0.4, -0.2) is 47.5 Å². The maximum absolute atomic E-state index is 13.0. The Morgan fingerprint density at radius 1 is 1.12 bits per heavy atom. The van der Waals surface area contributed by atoms with Crippen molar-refractivity contribution >= 4 is 17.4 Å². The third-order valence-electron chi connectivity index (χ3n) is 6.42. The van der Waals surface area contributed by atoms with Crippen molar-refractivity contribution in [1.29, 1.82) is 0 Å². The minimum absolute atomic E-state index is 0.0134. The molecule has 0 spiro atoms. The van der Waals surface area contributed by atoms with E-state index in [9.17, 15) is 4.79 Å². The van der Waals surface area contributed by atoms with Gasteiger partial charge in [-0.25, -0.2) is 9.97 Å². The third-order valence-corrected chi connectivity index (χ3v) is 6.42. The van der Waals surface area contributed by atoms with E-state index in [-0.39, 0.29) is 11.9 Å². The van der Waals surface area contributed by atoms with Gasteiger partial charge in [-0.3, -0.25) is 9.69 Å². The first kappa shape index (κ1) is 21.6. The van der Waals surface area contributed by atoms with Crippen molar-refractivity contribution in [1.82, 2.24) is 20.2 Å². The van der Waals surface area contributed by atoms with Crippen LogP contribution in [0.4, 0.5) is 11.5 Å². The number of fused-ring (bicyclic) bond motifs is 1. The van der Waals surface area contributed by atoms with E-state index in [1.807, 2.05) is 49.5 Å². The lowest BCUT2D eigenvalue weighted by Gasteiger charge is -2.29. The lowest BCUT2D eigenvalue weighted by molar-refractivity contribution is -0.117. The van der Waals surface area contributed by atoms with Gasteiger partial charge in [0.1, 0.15) is 11.6 Å². The lowest BCUT2D eigenvalue weighted by atomic mass is 10.0. The number of nitrogens with one attached hydrogen (secondary N) is 3. The average molecular weight is 443 g/mol. The molecule has 7 nitrogen and oxygen atoms in total. The first-order valence-electron chi connectivity index (χ1n) is 11.7. The monoisotopic (exact) mass is 442 g/mol. The quantitative estimate of drug-likeness (QED) is 0.541. The number of benzene rings is 2. The van der Waals surface area contributed by atoms with Crippen molar-refractivity contribution in [3.05, 3.63) is 71.7 Å². The van der Waals surface area contributed by atoms with Crippen LogP contribution < -0.4 is 16.0 Å². The van der Waals surface area contributed by atoms with E-state index in [1.54, 1.807) is 0 Å². The molecule has 1 aromatic heterocycles. The Hall–Kier alpha value is -3.29. The van der Waals surface area contributed by atoms with E-state index in [1.165, 1.54) is 0 Å². The Morgan fingerprint density at radius 2 is 1.94 bits per heavy atom. The second kappa shape index (κ2) is 9.68. The fraction of sp³-hybridized carbons (Fsp3) is 0.346. The third kappa shape index (κ3) is 4.74. The molecule has 0 saturated carbocycles. The fourth-order valence-electron chi connectivity index (χ4n) is 4.75. The van der Waals surface area contributed by atoms with Gasteiger partial charge >= 0.3 is 0 Å². The number of carbonyl (C=O) groups excluding carboxylic acids is 1. The maximum atomic E-state index is 13.0. The minimum atomic E-state index is -0.0134. The van der Waals surface area contributed by atoms with Gasteiger partial charge in [0.25, 0.3) is 0 Å². The Kier molecular flexibility index (Phi) is 6.32. The smallest absolute Gasteiger partial charge is 0.238 e. The summed E-state index contributed by atoms with van der Waals surface area (Å²) in [6.45, 7) is 2.82. The predicted molar refractivity (Wildman–Crippen MR) is 131 cm³/mol. The van der Waals surface area contributed by atoms with E-state index in [4.69, 9.17) is 9.97 Å². The molecular formula is C26H30N6O. The molecule has 3 aromatic rings. The summed E-state index contributed by atoms with van der Waals surface area (Å²) in [6, 6.07) is 18.3. The number of anilines is 2. The van der Waals surface area contributed by atoms with Gasteiger partial charge in [-0.05, 0) is 31.0 Å². The SMILES string of the molecule is CNc1nc(C2CCCN2)nc2c1CN(CC(=O)Nc1ccccc1-c1ccccc1)CC2. The molecule has 2 aliphatic heterocycles. The molecular weight excluding hydrogens is 412 g/mol. The summed E-state index contributed by atoms with van der Waals surface area (Å²) in [7, 11) is 1.90. The summed E-state index contributed by atoms with van der Waals surface area (Å²) >= 11 is 0. The molecule has 33 heavy (non-hydrogen) atoms. The van der Waals surface area contributed by atoms with Crippen LogP contribution in [0.15, 0.2) is 54.6 Å². The molecule has 3 N–H and O–H groups in total. The molecule has 1 amide bonds. The van der Waals surface area contributed by atoms with Gasteiger partial charge in [0, 0.05) is 43.4 Å². The van der Waals surface area contributed by atoms with Crippen LogP contribution in [-0.2, 0) is 17.8 Å². The number of carbonyl (C=O) groups is 1. The van der Waals surface area contributed by atoms with E-state index in [0.717, 1.165) is 72.1 Å². The highest BCUT2D eigenvalue weighted by Gasteiger charge is 2.27. The summed E-state index contributed by atoms with van der Waals surface area (Å²) in [4.78, 5) is 24.8. The van der Waals surface area contributed by atoms with Crippen molar-refractivity contribution in [2.45, 2.75) is 31.8 Å². The number of para-hydroxylation sites is 1. The van der Waals surface area contributed by atoms with Gasteiger partial charge in [-0.2, -0.15) is 0 Å². The molecule has 1 unspecified atom stereocenters. The number of rotatable bonds is 6. The number of aromatic nitrogens is 2. The van der Waals surface area contributed by atoms with Crippen molar-refractivity contribution < 1.29 is 4.79 Å². The van der Waals surface area contributed by atoms with Crippen molar-refractivity contribution in [3.63, 3.8) is 0 Å². The maximum Gasteiger partial charge on any atom is 0.238 e. The Labute approximate surface area is 194 Å². The van der Waals surface area contributed by atoms with Crippen LogP contribution in [0.2, 0.25) is 0 Å². The number of nitrogens with zero attached hydrogens (tertiary/aromatic N) is 3. The van der Waals surface area contributed by atoms with Crippen molar-refractivity contribution in [2.75, 3.05) is 37.3 Å². The van der Waals surface area contributed by atoms with Gasteiger partial charge in [0.2, 0.25) is 5.91 Å². The normalized spacial score (nSPS) is 18.0. The summed E-state index contributed by atoms with van der Waals surface area (Å²) < 4.78 is 0. The standard InChI is InChI=1S/C26H30N6O/c1-27-25-20-16-32(15-13-22(20)30-26(31-25)23-12-7-14-28-23)17-24(33)29-21-11-6-5-10-19(21)18-8-3-2-4-9-18/h2-6,8-11,23,28H,7,12-17H2,1H3,(H,29,33)(H,27,30,31). The molecule has 0 radical (unpaired) electrons. The fourth-order valence-corrected chi connectivity index (χ4v) is 4.75. The van der Waals surface area contributed by atoms with Crippen LogP contribution in [0.25, 0.3) is 11.1 Å². The number of hydrogen-bond donors (Lipinski definition) is 3. The van der Waals surface area contributed by atoms with Crippen LogP contribution in [0.1, 0.15) is 36.0 Å². The first-order chi connectivity index (χ1) is 16.2. The molecule has 2 aromatic carbocycles. The Balaban J connectivity index is 1.28. The second-order valence-electron chi connectivity index (χ2n) is 8.68. The molecule has 2 aliphatic rings. The summed E-state index contributed by atoms with van der Waals surface area (Å²) in [5, 5.41) is 9.86. The molecule has 1 fully saturated rings. The Bertz CT molecular complexity index is 1110. The number of hydrogen-bond acceptors (Lipinski definition) is 6. The predicted octanol–water partition coefficient (Wildman–Crippen LogP) is 3.61. The summed E-state index contributed by atoms with van der Waals surface area (Å²) in [5.74, 6) is 1.75. The highest BCUT2D eigenvalue weighted by molar-refractivity contribution is 5.96. The zero-order valence-electron chi connectivity index (χ0n) is 19.0. The molecule has 3 heterocycles. The molecule has 0 aliphatic carbocycles. The van der Waals surface area contributed by atoms with Gasteiger partial charge in [0.15, 0.2) is 0 Å². The van der Waals surface area contributed by atoms with Gasteiger partial charge in [-0.1, -0.05) is 48.5 Å². The van der Waals surface area contributed by atoms with Gasteiger partial charge in [0.05, 0.1) is 18.3 Å². The van der Waals surface area contributed by atoms with E-state index in [2.05, 4.69) is 33.0 Å². The van der Waals surface area contributed by atoms with E-state index < -0.39 is 0 Å². The van der Waals surface area contributed by atoms with Crippen LogP contribution >= 0.6 is 0 Å². The van der Waals surface area contributed by atoms with E-state index >= 15 is 0 Å². The Morgan fingerprint density at radius 3 is 2.73 bits per heavy atom. The molecule has 5 rings (SSSR count). The van der Waals surface area contributed by atoms with Gasteiger partial charge < -0.3 is 16.0 Å². The first-order valence-corrected chi connectivity index (χ1v) is 11.7. The van der Waals surface area contributed by atoms with Crippen LogP contribution in [0.3, 0.4) is 0 Å². The zero-order chi connectivity index (χ0) is 22.6. The van der Waals surface area contributed by atoms with Crippen LogP contribution in [0.5, 0.6) is 0 Å². The molecule has 1 saturated heterocycles. The molecule has 170 valence electrons. The topological polar surface area (TPSA) is 82.2 Å². The van der Waals surface area contributed by atoms with Crippen LogP contribution in [0, 0.1) is 0 Å². The highest BCUT2D eigenvalue weighted by Crippen LogP contribution is 2.29. The second-order valence-corrected chi connectivity index (χ2v) is 8.68. The minimum Gasteiger partial charge on any atom is -0.373 e. The molecule has 1 atom stereocenters. The largest absolute Gasteiger partial charge is 0.373 e.